The van der Waals surface area contributed by atoms with Gasteiger partial charge in [-0.25, -0.2) is 0 Å². The molecule has 0 aromatic heterocycles. The molecule has 2 nitrogen and oxygen atoms in total. The number of nitrogens with two attached hydrogens (primary N) is 1. The Labute approximate surface area is 235 Å². The molecule has 39 heavy (non-hydrogen) atoms. The van der Waals surface area contributed by atoms with E-state index in [2.05, 4.69) is 85.3 Å². The molecular formula is C37H44N2. The standard InChI is InChI=1S/C37H44N2/c1-22-26-9-4-13-31(36(22)26)29-11-6-14-32(29)37(38)35-21-25(17-18-39-35)28-10-5-12-30-33-19-23(20-34(28)30)15-16-24-7-2-3-8-27(24)33/h2-4,6-10,14-15,17-18,22,24-26,29,31-32,35-37,39H,5,11-13,16,19-21,38H2,1H3. The molecule has 1 fully saturated rings. The summed E-state index contributed by atoms with van der Waals surface area (Å²) in [7, 11) is 0. The SMILES string of the molecule is CC1C2C=CCC(C3CC=CC3C(N)C3CC(C4=CCCC5=C4CC4=CCC6C=CC=CC6=C5C4)C=CN3)C12. The minimum Gasteiger partial charge on any atom is -0.387 e. The average molecular weight is 517 g/mol. The van der Waals surface area contributed by atoms with E-state index < -0.39 is 0 Å². The second kappa shape index (κ2) is 9.51. The highest BCUT2D eigenvalue weighted by atomic mass is 15.0. The van der Waals surface area contributed by atoms with Crippen LogP contribution < -0.4 is 11.1 Å². The van der Waals surface area contributed by atoms with Crippen LogP contribution in [0, 0.1) is 47.3 Å². The molecule has 2 bridgehead atoms. The van der Waals surface area contributed by atoms with Crippen molar-refractivity contribution in [2.45, 2.75) is 70.4 Å². The van der Waals surface area contributed by atoms with Crippen molar-refractivity contribution in [2.24, 2.45) is 53.1 Å². The van der Waals surface area contributed by atoms with Crippen molar-refractivity contribution in [2.75, 3.05) is 0 Å². The van der Waals surface area contributed by atoms with Gasteiger partial charge in [-0.05, 0) is 121 Å². The molecule has 0 aromatic rings. The van der Waals surface area contributed by atoms with E-state index in [1.807, 2.05) is 0 Å². The maximum atomic E-state index is 7.21. The van der Waals surface area contributed by atoms with Crippen LogP contribution in [-0.2, 0) is 0 Å². The first-order valence-corrected chi connectivity index (χ1v) is 15.9. The third kappa shape index (κ3) is 4.00. The maximum absolute atomic E-state index is 7.21. The van der Waals surface area contributed by atoms with Crippen LogP contribution in [-0.4, -0.2) is 12.1 Å². The summed E-state index contributed by atoms with van der Waals surface area (Å²) in [4.78, 5) is 0. The van der Waals surface area contributed by atoms with E-state index in [9.17, 15) is 0 Å². The van der Waals surface area contributed by atoms with Gasteiger partial charge in [0.25, 0.3) is 0 Å². The van der Waals surface area contributed by atoms with Gasteiger partial charge in [-0.15, -0.1) is 0 Å². The Morgan fingerprint density at radius 3 is 2.69 bits per heavy atom. The number of hydrogen-bond donors (Lipinski definition) is 2. The molecule has 202 valence electrons. The van der Waals surface area contributed by atoms with E-state index >= 15 is 0 Å². The van der Waals surface area contributed by atoms with E-state index in [0.717, 1.165) is 49.4 Å². The Morgan fingerprint density at radius 1 is 0.872 bits per heavy atom. The van der Waals surface area contributed by atoms with Gasteiger partial charge < -0.3 is 11.1 Å². The molecule has 0 radical (unpaired) electrons. The lowest BCUT2D eigenvalue weighted by molar-refractivity contribution is 0.193. The van der Waals surface area contributed by atoms with Crippen molar-refractivity contribution in [3.8, 4) is 0 Å². The number of rotatable bonds is 4. The van der Waals surface area contributed by atoms with Gasteiger partial charge in [0.15, 0.2) is 0 Å². The number of hydrogen-bond acceptors (Lipinski definition) is 2. The van der Waals surface area contributed by atoms with Gasteiger partial charge in [0.2, 0.25) is 0 Å². The molecule has 2 heteroatoms. The minimum absolute atomic E-state index is 0.166. The highest BCUT2D eigenvalue weighted by Crippen LogP contribution is 2.59. The first-order valence-electron chi connectivity index (χ1n) is 15.9. The Balaban J connectivity index is 1.04. The number of fused-ring (bicyclic) bond motifs is 5. The highest BCUT2D eigenvalue weighted by Gasteiger charge is 2.54. The van der Waals surface area contributed by atoms with Crippen molar-refractivity contribution in [3.05, 3.63) is 106 Å². The molecule has 8 rings (SSSR count). The molecule has 0 aromatic carbocycles. The fourth-order valence-corrected chi connectivity index (χ4v) is 9.75. The lowest BCUT2D eigenvalue weighted by Gasteiger charge is -2.40. The Bertz CT molecular complexity index is 1320. The summed E-state index contributed by atoms with van der Waals surface area (Å²) in [5.74, 6) is 5.64. The van der Waals surface area contributed by atoms with E-state index in [1.54, 1.807) is 33.4 Å². The van der Waals surface area contributed by atoms with Crippen LogP contribution in [0.25, 0.3) is 0 Å². The quantitative estimate of drug-likeness (QED) is 0.377. The zero-order chi connectivity index (χ0) is 26.1. The van der Waals surface area contributed by atoms with Gasteiger partial charge in [0.05, 0.1) is 0 Å². The molecule has 7 aliphatic carbocycles. The molecule has 10 unspecified atom stereocenters. The van der Waals surface area contributed by atoms with Crippen LogP contribution in [0.5, 0.6) is 0 Å². The summed E-state index contributed by atoms with van der Waals surface area (Å²) in [5, 5.41) is 3.74. The van der Waals surface area contributed by atoms with Gasteiger partial charge in [-0.3, -0.25) is 0 Å². The van der Waals surface area contributed by atoms with Gasteiger partial charge >= 0.3 is 0 Å². The third-order valence-electron chi connectivity index (χ3n) is 11.8. The van der Waals surface area contributed by atoms with E-state index in [0.29, 0.717) is 29.7 Å². The average Bonchev–Trinajstić information content (AvgIpc) is 3.44. The summed E-state index contributed by atoms with van der Waals surface area (Å²) < 4.78 is 0. The second-order valence-corrected chi connectivity index (χ2v) is 13.7. The molecule has 0 amide bonds. The lowest BCUT2D eigenvalue weighted by atomic mass is 9.69. The predicted octanol–water partition coefficient (Wildman–Crippen LogP) is 7.64. The van der Waals surface area contributed by atoms with Crippen molar-refractivity contribution < 1.29 is 0 Å². The van der Waals surface area contributed by atoms with Crippen LogP contribution in [0.1, 0.15) is 58.3 Å². The summed E-state index contributed by atoms with van der Waals surface area (Å²) in [6.45, 7) is 2.46. The molecule has 8 aliphatic rings. The largest absolute Gasteiger partial charge is 0.387 e. The Kier molecular flexibility index (Phi) is 5.91. The fraction of sp³-hybridized carbons (Fsp3) is 0.514. The van der Waals surface area contributed by atoms with Crippen LogP contribution >= 0.6 is 0 Å². The number of allylic oxidation sites excluding steroid dienone is 16. The van der Waals surface area contributed by atoms with Crippen molar-refractivity contribution in [1.29, 1.82) is 0 Å². The van der Waals surface area contributed by atoms with Crippen LogP contribution in [0.4, 0.5) is 0 Å². The highest BCUT2D eigenvalue weighted by molar-refractivity contribution is 5.60. The first-order chi connectivity index (χ1) is 19.2. The van der Waals surface area contributed by atoms with E-state index in [1.165, 1.54) is 25.7 Å². The monoisotopic (exact) mass is 516 g/mol. The predicted molar refractivity (Wildman–Crippen MR) is 161 cm³/mol. The molecule has 1 saturated carbocycles. The van der Waals surface area contributed by atoms with Crippen molar-refractivity contribution in [3.63, 3.8) is 0 Å². The topological polar surface area (TPSA) is 38.0 Å². The van der Waals surface area contributed by atoms with Gasteiger partial charge in [0, 0.05) is 23.9 Å². The third-order valence-corrected chi connectivity index (χ3v) is 11.8. The van der Waals surface area contributed by atoms with Crippen molar-refractivity contribution >= 4 is 0 Å². The van der Waals surface area contributed by atoms with Crippen LogP contribution in [0.15, 0.2) is 106 Å². The smallest absolute Gasteiger partial charge is 0.0421 e. The molecule has 0 spiro atoms. The normalized spacial score (nSPS) is 42.3. The molecular weight excluding hydrogens is 472 g/mol. The van der Waals surface area contributed by atoms with Crippen LogP contribution in [0.2, 0.25) is 0 Å². The maximum Gasteiger partial charge on any atom is 0.0421 e. The summed E-state index contributed by atoms with van der Waals surface area (Å²) in [6.07, 6.45) is 38.5. The Hall–Kier alpha value is -2.58. The fourth-order valence-electron chi connectivity index (χ4n) is 9.75. The van der Waals surface area contributed by atoms with Crippen LogP contribution in [0.3, 0.4) is 0 Å². The molecule has 10 atom stereocenters. The minimum atomic E-state index is 0.166. The Morgan fingerprint density at radius 2 is 1.74 bits per heavy atom. The first kappa shape index (κ1) is 24.2. The van der Waals surface area contributed by atoms with E-state index in [4.69, 9.17) is 5.73 Å². The summed E-state index contributed by atoms with van der Waals surface area (Å²) in [6, 6.07) is 0.496. The zero-order valence-electron chi connectivity index (χ0n) is 23.4. The molecule has 1 aliphatic heterocycles. The summed E-state index contributed by atoms with van der Waals surface area (Å²) in [5.41, 5.74) is 17.0. The molecule has 3 N–H and O–H groups in total. The lowest BCUT2D eigenvalue weighted by Crippen LogP contribution is -2.51. The zero-order valence-corrected chi connectivity index (χ0v) is 23.4. The van der Waals surface area contributed by atoms with Gasteiger partial charge in [0.1, 0.15) is 0 Å². The second-order valence-electron chi connectivity index (χ2n) is 13.7. The number of nitrogens with one attached hydrogen (secondary N) is 1. The molecule has 0 saturated heterocycles. The van der Waals surface area contributed by atoms with Gasteiger partial charge in [-0.2, -0.15) is 0 Å². The molecule has 1 heterocycles. The van der Waals surface area contributed by atoms with Gasteiger partial charge in [-0.1, -0.05) is 79.3 Å². The van der Waals surface area contributed by atoms with Crippen molar-refractivity contribution in [1.82, 2.24) is 5.32 Å². The van der Waals surface area contributed by atoms with E-state index in [-0.39, 0.29) is 6.04 Å². The summed E-state index contributed by atoms with van der Waals surface area (Å²) >= 11 is 0.